The van der Waals surface area contributed by atoms with Crippen molar-refractivity contribution in [2.75, 3.05) is 143 Å². The quantitative estimate of drug-likeness (QED) is 0.120. The van der Waals surface area contributed by atoms with Crippen LogP contribution in [-0.2, 0) is 48.1 Å². The van der Waals surface area contributed by atoms with Crippen LogP contribution in [0.4, 0.5) is 17.1 Å². The van der Waals surface area contributed by atoms with Gasteiger partial charge in [0.1, 0.15) is 0 Å². The van der Waals surface area contributed by atoms with Crippen LogP contribution >= 0.6 is 0 Å². The predicted octanol–water partition coefficient (Wildman–Crippen LogP) is 5.86. The van der Waals surface area contributed by atoms with Gasteiger partial charge in [0.15, 0.2) is 0 Å². The maximum atomic E-state index is 6.80. The number of ether oxygens (including phenoxy) is 6. The molecule has 3 aliphatic rings. The third-order valence-corrected chi connectivity index (χ3v) is 12.7. The molecule has 0 radical (unpaired) electrons. The zero-order valence-corrected chi connectivity index (χ0v) is 42.7. The number of anilines is 3. The van der Waals surface area contributed by atoms with Gasteiger partial charge in [0.05, 0.1) is 91.1 Å². The van der Waals surface area contributed by atoms with Crippen molar-refractivity contribution in [3.63, 3.8) is 0 Å². The molecular formula is C51H83N9O6. The largest absolute Gasteiger partial charge is 0.382 e. The molecular weight excluding hydrogens is 835 g/mol. The first kappa shape index (κ1) is 51.9. The Morgan fingerprint density at radius 2 is 0.879 bits per heavy atom. The summed E-state index contributed by atoms with van der Waals surface area (Å²) in [6.07, 6.45) is -0.233. The molecule has 3 unspecified atom stereocenters. The number of rotatable bonds is 22. The number of morpholine rings is 3. The minimum absolute atomic E-state index is 0.0313. The summed E-state index contributed by atoms with van der Waals surface area (Å²) in [5.74, 6) is 0.978. The van der Waals surface area contributed by atoms with E-state index in [0.717, 1.165) is 97.9 Å². The van der Waals surface area contributed by atoms with Crippen LogP contribution in [0.25, 0.3) is 0 Å². The summed E-state index contributed by atoms with van der Waals surface area (Å²) in [5, 5.41) is 0. The second-order valence-electron chi connectivity index (χ2n) is 20.1. The molecule has 15 nitrogen and oxygen atoms in total. The summed E-state index contributed by atoms with van der Waals surface area (Å²) < 4.78 is 36.5. The molecule has 6 heterocycles. The van der Waals surface area contributed by atoms with E-state index in [9.17, 15) is 0 Å². The second-order valence-corrected chi connectivity index (χ2v) is 20.1. The number of nitrogens with zero attached hydrogens (tertiary/aromatic N) is 9. The summed E-state index contributed by atoms with van der Waals surface area (Å²) in [6, 6.07) is 13.4. The van der Waals surface area contributed by atoms with Crippen LogP contribution in [0.15, 0.2) is 36.4 Å². The molecule has 0 aliphatic carbocycles. The van der Waals surface area contributed by atoms with Gasteiger partial charge in [-0.25, -0.2) is 0 Å². The minimum atomic E-state index is -0.0950. The first-order valence-electron chi connectivity index (χ1n) is 24.3. The van der Waals surface area contributed by atoms with E-state index in [1.54, 1.807) is 21.3 Å². The SMILES string of the molecule is COCC1CN(c2ccc(C(C)C)nc2CN(C)C)CC(CN(C)Cc2nc(C(C)C)ccc2N2CC(CN(C)Cc3nc(C(C)C)ccc3N3CCO[C@@H](COC)C3)O[C@H](COC)C2)O1. The van der Waals surface area contributed by atoms with E-state index in [1.165, 1.54) is 5.69 Å². The van der Waals surface area contributed by atoms with E-state index in [1.807, 2.05) is 0 Å². The van der Waals surface area contributed by atoms with Crippen molar-refractivity contribution in [3.05, 3.63) is 70.6 Å². The van der Waals surface area contributed by atoms with Crippen molar-refractivity contribution in [3.8, 4) is 0 Å². The van der Waals surface area contributed by atoms with Gasteiger partial charge in [-0.15, -0.1) is 0 Å². The third-order valence-electron chi connectivity index (χ3n) is 12.7. The number of likely N-dealkylation sites (N-methyl/N-ethyl adjacent to an activating group) is 2. The van der Waals surface area contributed by atoms with Crippen molar-refractivity contribution in [1.29, 1.82) is 0 Å². The fourth-order valence-electron chi connectivity index (χ4n) is 9.57. The Morgan fingerprint density at radius 3 is 1.27 bits per heavy atom. The van der Waals surface area contributed by atoms with E-state index in [4.69, 9.17) is 43.4 Å². The molecule has 3 fully saturated rings. The number of methoxy groups -OCH3 is 3. The van der Waals surface area contributed by atoms with Gasteiger partial charge in [0.2, 0.25) is 0 Å². The average molecular weight is 918 g/mol. The summed E-state index contributed by atoms with van der Waals surface area (Å²) in [5.41, 5.74) is 10.0. The number of pyridine rings is 3. The van der Waals surface area contributed by atoms with Crippen LogP contribution in [0, 0.1) is 0 Å². The van der Waals surface area contributed by atoms with Gasteiger partial charge in [-0.1, -0.05) is 41.5 Å². The van der Waals surface area contributed by atoms with E-state index in [0.29, 0.717) is 63.8 Å². The standard InChI is InChI=1S/C51H83N9O6/c1-35(2)43-15-18-50(46(52-43)29-55(7)8)59-24-38(65-41(27-59)33-62-12)23-57(10)31-48-51(19-16-45(54-48)37(5)6)60-25-39(66-42(28-60)34-63-13)22-56(9)30-47-49(17-14-44(53-47)36(3)4)58-20-21-64-40(26-58)32-61-11/h14-19,35-42H,20-34H2,1-13H3/t38?,39?,40-,41?,42+/m1/s1. The fraction of sp³-hybridized carbons (Fsp3) is 0.706. The first-order valence-corrected chi connectivity index (χ1v) is 24.3. The van der Waals surface area contributed by atoms with Crippen LogP contribution in [0.3, 0.4) is 0 Å². The van der Waals surface area contributed by atoms with Gasteiger partial charge in [-0.2, -0.15) is 0 Å². The second kappa shape index (κ2) is 24.7. The molecule has 3 aromatic rings. The lowest BCUT2D eigenvalue weighted by Gasteiger charge is -2.42. The smallest absolute Gasteiger partial charge is 0.0987 e. The van der Waals surface area contributed by atoms with Gasteiger partial charge >= 0.3 is 0 Å². The highest BCUT2D eigenvalue weighted by Gasteiger charge is 2.34. The molecule has 0 amide bonds. The fourth-order valence-corrected chi connectivity index (χ4v) is 9.57. The van der Waals surface area contributed by atoms with E-state index in [-0.39, 0.29) is 30.5 Å². The molecule has 3 saturated heterocycles. The highest BCUT2D eigenvalue weighted by Crippen LogP contribution is 2.31. The summed E-state index contributed by atoms with van der Waals surface area (Å²) in [7, 11) is 13.8. The highest BCUT2D eigenvalue weighted by molar-refractivity contribution is 5.54. The van der Waals surface area contributed by atoms with E-state index < -0.39 is 0 Å². The third kappa shape index (κ3) is 14.3. The number of aromatic nitrogens is 3. The van der Waals surface area contributed by atoms with Gasteiger partial charge in [0.25, 0.3) is 0 Å². The van der Waals surface area contributed by atoms with Crippen LogP contribution < -0.4 is 14.7 Å². The molecule has 5 atom stereocenters. The van der Waals surface area contributed by atoms with Gasteiger partial charge < -0.3 is 48.0 Å². The molecule has 0 spiro atoms. The molecule has 0 aromatic carbocycles. The van der Waals surface area contributed by atoms with Crippen LogP contribution in [0.2, 0.25) is 0 Å². The topological polar surface area (TPSA) is 113 Å². The summed E-state index contributed by atoms with van der Waals surface area (Å²) >= 11 is 0. The zero-order chi connectivity index (χ0) is 47.5. The molecule has 368 valence electrons. The molecule has 0 N–H and O–H groups in total. The molecule has 15 heteroatoms. The van der Waals surface area contributed by atoms with Crippen molar-refractivity contribution >= 4 is 17.1 Å². The zero-order valence-electron chi connectivity index (χ0n) is 42.7. The Hall–Kier alpha value is -3.51. The average Bonchev–Trinajstić information content (AvgIpc) is 3.26. The minimum Gasteiger partial charge on any atom is -0.382 e. The Balaban J connectivity index is 1.20. The monoisotopic (exact) mass is 918 g/mol. The summed E-state index contributed by atoms with van der Waals surface area (Å²) in [6.45, 7) is 23.7. The molecule has 0 bridgehead atoms. The van der Waals surface area contributed by atoms with E-state index >= 15 is 0 Å². The predicted molar refractivity (Wildman–Crippen MR) is 264 cm³/mol. The van der Waals surface area contributed by atoms with Crippen molar-refractivity contribution in [2.45, 2.75) is 109 Å². The Bertz CT molecular complexity index is 1950. The number of hydrogen-bond acceptors (Lipinski definition) is 15. The van der Waals surface area contributed by atoms with Gasteiger partial charge in [-0.3, -0.25) is 24.8 Å². The van der Waals surface area contributed by atoms with Gasteiger partial charge in [-0.05, 0) is 82.3 Å². The molecule has 0 saturated carbocycles. The maximum Gasteiger partial charge on any atom is 0.0987 e. The van der Waals surface area contributed by atoms with Crippen molar-refractivity contribution < 1.29 is 28.4 Å². The first-order chi connectivity index (χ1) is 31.6. The summed E-state index contributed by atoms with van der Waals surface area (Å²) in [4.78, 5) is 30.1. The van der Waals surface area contributed by atoms with Crippen molar-refractivity contribution in [1.82, 2.24) is 29.7 Å². The molecule has 66 heavy (non-hydrogen) atoms. The van der Waals surface area contributed by atoms with Gasteiger partial charge in [0, 0.05) is 110 Å². The lowest BCUT2D eigenvalue weighted by molar-refractivity contribution is -0.0685. The highest BCUT2D eigenvalue weighted by atomic mass is 16.5. The maximum absolute atomic E-state index is 6.80. The molecule has 3 aromatic heterocycles. The Kier molecular flexibility index (Phi) is 19.4. The lowest BCUT2D eigenvalue weighted by Crippen LogP contribution is -2.53. The lowest BCUT2D eigenvalue weighted by atomic mass is 10.1. The van der Waals surface area contributed by atoms with E-state index in [2.05, 4.69) is 136 Å². The van der Waals surface area contributed by atoms with Crippen molar-refractivity contribution in [2.24, 2.45) is 0 Å². The number of hydrogen-bond donors (Lipinski definition) is 0. The van der Waals surface area contributed by atoms with Crippen LogP contribution in [0.5, 0.6) is 0 Å². The molecule has 6 rings (SSSR count). The Morgan fingerprint density at radius 1 is 0.515 bits per heavy atom. The van der Waals surface area contributed by atoms with Crippen LogP contribution in [0.1, 0.15) is 93.5 Å². The normalized spacial score (nSPS) is 22.0. The molecule has 3 aliphatic heterocycles. The van der Waals surface area contributed by atoms with Crippen LogP contribution in [-0.4, -0.2) is 188 Å². The Labute approximate surface area is 397 Å².